The normalized spacial score (nSPS) is 26.5. The van der Waals surface area contributed by atoms with Crippen molar-refractivity contribution >= 4 is 21.6 Å². The SMILES string of the molecule is C[C@H]1CCCC[C@@H]1NS(=O)(=O)c1cc2c3c(c1)CC(=O)N3CCC2. The lowest BCUT2D eigenvalue weighted by atomic mass is 9.87. The van der Waals surface area contributed by atoms with Crippen LogP contribution >= 0.6 is 0 Å². The largest absolute Gasteiger partial charge is 0.312 e. The first-order valence-corrected chi connectivity index (χ1v) is 10.4. The van der Waals surface area contributed by atoms with Crippen molar-refractivity contribution in [2.75, 3.05) is 11.4 Å². The highest BCUT2D eigenvalue weighted by Gasteiger charge is 2.34. The van der Waals surface area contributed by atoms with E-state index in [0.717, 1.165) is 55.5 Å². The molecular formula is C18H24N2O3S. The fourth-order valence-corrected chi connectivity index (χ4v) is 5.84. The molecule has 2 heterocycles. The molecule has 0 saturated heterocycles. The Labute approximate surface area is 143 Å². The lowest BCUT2D eigenvalue weighted by Gasteiger charge is -2.30. The van der Waals surface area contributed by atoms with Crippen LogP contribution in [0.3, 0.4) is 0 Å². The molecule has 1 aromatic rings. The van der Waals surface area contributed by atoms with Crippen molar-refractivity contribution in [2.45, 2.75) is 62.8 Å². The Morgan fingerprint density at radius 1 is 1.12 bits per heavy atom. The summed E-state index contributed by atoms with van der Waals surface area (Å²) in [4.78, 5) is 14.3. The van der Waals surface area contributed by atoms with E-state index in [1.54, 1.807) is 12.1 Å². The Balaban J connectivity index is 1.67. The molecule has 5 nitrogen and oxygen atoms in total. The molecule has 1 saturated carbocycles. The summed E-state index contributed by atoms with van der Waals surface area (Å²) in [5.74, 6) is 0.465. The molecule has 0 bridgehead atoms. The van der Waals surface area contributed by atoms with E-state index in [9.17, 15) is 13.2 Å². The fourth-order valence-electron chi connectivity index (χ4n) is 4.36. The predicted octanol–water partition coefficient (Wildman–Crippen LogP) is 2.38. The lowest BCUT2D eigenvalue weighted by molar-refractivity contribution is -0.117. The van der Waals surface area contributed by atoms with Gasteiger partial charge in [-0.2, -0.15) is 0 Å². The van der Waals surface area contributed by atoms with Crippen LogP contribution in [0.2, 0.25) is 0 Å². The maximum Gasteiger partial charge on any atom is 0.240 e. The van der Waals surface area contributed by atoms with Crippen molar-refractivity contribution in [3.05, 3.63) is 23.3 Å². The smallest absolute Gasteiger partial charge is 0.240 e. The molecule has 3 aliphatic rings. The molecule has 6 heteroatoms. The van der Waals surface area contributed by atoms with Gasteiger partial charge in [-0.05, 0) is 54.9 Å². The van der Waals surface area contributed by atoms with Gasteiger partial charge in [-0.1, -0.05) is 19.8 Å². The quantitative estimate of drug-likeness (QED) is 0.912. The Morgan fingerprint density at radius 2 is 1.88 bits per heavy atom. The van der Waals surface area contributed by atoms with Crippen molar-refractivity contribution in [1.82, 2.24) is 4.72 Å². The van der Waals surface area contributed by atoms with E-state index in [2.05, 4.69) is 11.6 Å². The third-order valence-corrected chi connectivity index (χ3v) is 7.18. The third-order valence-electron chi connectivity index (χ3n) is 5.71. The molecule has 0 unspecified atom stereocenters. The highest BCUT2D eigenvalue weighted by Crippen LogP contribution is 2.38. The molecule has 1 fully saturated rings. The number of rotatable bonds is 3. The summed E-state index contributed by atoms with van der Waals surface area (Å²) in [7, 11) is -3.54. The van der Waals surface area contributed by atoms with Gasteiger partial charge in [0.1, 0.15) is 0 Å². The number of carbonyl (C=O) groups excluding carboxylic acids is 1. The number of hydrogen-bond acceptors (Lipinski definition) is 3. The van der Waals surface area contributed by atoms with Gasteiger partial charge in [-0.15, -0.1) is 0 Å². The van der Waals surface area contributed by atoms with Gasteiger partial charge in [0.15, 0.2) is 0 Å². The monoisotopic (exact) mass is 348 g/mol. The number of nitrogens with zero attached hydrogens (tertiary/aromatic N) is 1. The van der Waals surface area contributed by atoms with Crippen LogP contribution in [0.4, 0.5) is 5.69 Å². The first-order valence-electron chi connectivity index (χ1n) is 8.94. The number of nitrogens with one attached hydrogen (secondary N) is 1. The lowest BCUT2D eigenvalue weighted by Crippen LogP contribution is -2.41. The minimum absolute atomic E-state index is 0.0199. The standard InChI is InChI=1S/C18H24N2O3S/c1-12-5-2-3-7-16(12)19-24(22,23)15-9-13-6-4-8-20-17(21)11-14(10-15)18(13)20/h9-10,12,16,19H,2-8,11H2,1H3/t12-,16-/m0/s1. The maximum absolute atomic E-state index is 12.9. The summed E-state index contributed by atoms with van der Waals surface area (Å²) in [5.41, 5.74) is 2.84. The molecule has 1 aromatic carbocycles. The number of aryl methyl sites for hydroxylation is 1. The highest BCUT2D eigenvalue weighted by atomic mass is 32.2. The summed E-state index contributed by atoms with van der Waals surface area (Å²) in [5, 5.41) is 0. The van der Waals surface area contributed by atoms with Crippen molar-refractivity contribution in [3.8, 4) is 0 Å². The molecule has 0 radical (unpaired) electrons. The van der Waals surface area contributed by atoms with Crippen LogP contribution in [-0.4, -0.2) is 26.9 Å². The van der Waals surface area contributed by atoms with E-state index in [0.29, 0.717) is 17.2 Å². The topological polar surface area (TPSA) is 66.5 Å². The Morgan fingerprint density at radius 3 is 2.67 bits per heavy atom. The number of sulfonamides is 1. The average Bonchev–Trinajstić information content (AvgIpc) is 2.87. The summed E-state index contributed by atoms with van der Waals surface area (Å²) in [6.45, 7) is 2.87. The van der Waals surface area contributed by atoms with Crippen LogP contribution in [0.5, 0.6) is 0 Å². The van der Waals surface area contributed by atoms with E-state index in [4.69, 9.17) is 0 Å². The minimum Gasteiger partial charge on any atom is -0.312 e. The molecular weight excluding hydrogens is 324 g/mol. The number of anilines is 1. The van der Waals surface area contributed by atoms with Gasteiger partial charge >= 0.3 is 0 Å². The number of amides is 1. The second-order valence-electron chi connectivity index (χ2n) is 7.41. The van der Waals surface area contributed by atoms with Gasteiger partial charge in [0, 0.05) is 12.6 Å². The fraction of sp³-hybridized carbons (Fsp3) is 0.611. The molecule has 0 spiro atoms. The first kappa shape index (κ1) is 16.1. The minimum atomic E-state index is -3.54. The van der Waals surface area contributed by atoms with E-state index < -0.39 is 10.0 Å². The second kappa shape index (κ2) is 5.85. The molecule has 2 aliphatic heterocycles. The summed E-state index contributed by atoms with van der Waals surface area (Å²) in [6.07, 6.45) is 6.31. The van der Waals surface area contributed by atoms with Gasteiger partial charge < -0.3 is 4.90 Å². The van der Waals surface area contributed by atoms with Crippen molar-refractivity contribution in [1.29, 1.82) is 0 Å². The molecule has 0 aromatic heterocycles. The summed E-state index contributed by atoms with van der Waals surface area (Å²) in [6, 6.07) is 3.50. The van der Waals surface area contributed by atoms with E-state index in [1.807, 2.05) is 4.90 Å². The predicted molar refractivity (Wildman–Crippen MR) is 92.6 cm³/mol. The summed E-state index contributed by atoms with van der Waals surface area (Å²) < 4.78 is 28.7. The van der Waals surface area contributed by atoms with E-state index >= 15 is 0 Å². The van der Waals surface area contributed by atoms with Crippen molar-refractivity contribution in [3.63, 3.8) is 0 Å². The van der Waals surface area contributed by atoms with Gasteiger partial charge in [0.25, 0.3) is 0 Å². The van der Waals surface area contributed by atoms with E-state index in [1.165, 1.54) is 6.42 Å². The zero-order chi connectivity index (χ0) is 16.9. The molecule has 1 amide bonds. The summed E-state index contributed by atoms with van der Waals surface area (Å²) >= 11 is 0. The second-order valence-corrected chi connectivity index (χ2v) is 9.12. The Hall–Kier alpha value is -1.40. The molecule has 1 aliphatic carbocycles. The third kappa shape index (κ3) is 2.65. The molecule has 130 valence electrons. The van der Waals surface area contributed by atoms with Gasteiger partial charge in [0.2, 0.25) is 15.9 Å². The zero-order valence-electron chi connectivity index (χ0n) is 14.0. The van der Waals surface area contributed by atoms with Crippen LogP contribution in [0.25, 0.3) is 0 Å². The zero-order valence-corrected chi connectivity index (χ0v) is 14.9. The van der Waals surface area contributed by atoms with Crippen LogP contribution < -0.4 is 9.62 Å². The Kier molecular flexibility index (Phi) is 3.92. The van der Waals surface area contributed by atoms with Crippen LogP contribution in [0.15, 0.2) is 17.0 Å². The van der Waals surface area contributed by atoms with E-state index in [-0.39, 0.29) is 11.9 Å². The number of carbonyl (C=O) groups is 1. The van der Waals surface area contributed by atoms with Gasteiger partial charge in [-0.25, -0.2) is 13.1 Å². The average molecular weight is 348 g/mol. The Bertz CT molecular complexity index is 788. The number of hydrogen-bond donors (Lipinski definition) is 1. The van der Waals surface area contributed by atoms with Crippen LogP contribution in [-0.2, 0) is 27.7 Å². The first-order chi connectivity index (χ1) is 11.5. The van der Waals surface area contributed by atoms with Crippen molar-refractivity contribution in [2.24, 2.45) is 5.92 Å². The molecule has 2 atom stereocenters. The van der Waals surface area contributed by atoms with Crippen LogP contribution in [0.1, 0.15) is 50.2 Å². The number of benzene rings is 1. The van der Waals surface area contributed by atoms with Crippen LogP contribution in [0, 0.1) is 5.92 Å². The molecule has 1 N–H and O–H groups in total. The molecule has 4 rings (SSSR count). The van der Waals surface area contributed by atoms with Gasteiger partial charge in [0.05, 0.1) is 17.0 Å². The molecule has 24 heavy (non-hydrogen) atoms. The highest BCUT2D eigenvalue weighted by molar-refractivity contribution is 7.89. The van der Waals surface area contributed by atoms with Gasteiger partial charge in [-0.3, -0.25) is 4.79 Å². The van der Waals surface area contributed by atoms with Crippen molar-refractivity contribution < 1.29 is 13.2 Å². The maximum atomic E-state index is 12.9.